The summed E-state index contributed by atoms with van der Waals surface area (Å²) >= 11 is 0. The molecule has 0 amide bonds. The number of nitrogens with zero attached hydrogens (tertiary/aromatic N) is 1. The summed E-state index contributed by atoms with van der Waals surface area (Å²) in [7, 11) is 1.36. The van der Waals surface area contributed by atoms with Gasteiger partial charge < -0.3 is 14.8 Å². The van der Waals surface area contributed by atoms with E-state index in [-0.39, 0.29) is 18.2 Å². The fourth-order valence-electron chi connectivity index (χ4n) is 3.40. The molecule has 0 aliphatic carbocycles. The zero-order valence-corrected chi connectivity index (χ0v) is 16.5. The molecule has 150 valence electrons. The summed E-state index contributed by atoms with van der Waals surface area (Å²) in [6.07, 6.45) is 1.95. The Hall–Kier alpha value is -3.61. The molecule has 2 aromatic carbocycles. The normalized spacial score (nSPS) is 16.0. The van der Waals surface area contributed by atoms with Gasteiger partial charge >= 0.3 is 5.97 Å². The molecule has 0 fully saturated rings. The molecule has 29 heavy (non-hydrogen) atoms. The van der Waals surface area contributed by atoms with E-state index in [1.165, 1.54) is 19.2 Å². The number of non-ortho nitro benzene ring substituents is 1. The van der Waals surface area contributed by atoms with Crippen molar-refractivity contribution in [1.82, 2.24) is 5.32 Å². The van der Waals surface area contributed by atoms with Gasteiger partial charge in [0, 0.05) is 35.0 Å². The number of carbonyl (C=O) groups excluding carboxylic acids is 1. The van der Waals surface area contributed by atoms with E-state index in [1.54, 1.807) is 12.1 Å². The van der Waals surface area contributed by atoms with Gasteiger partial charge in [-0.2, -0.15) is 0 Å². The van der Waals surface area contributed by atoms with E-state index in [1.807, 2.05) is 44.2 Å². The van der Waals surface area contributed by atoms with Crippen LogP contribution in [0.1, 0.15) is 30.9 Å². The third-order valence-electron chi connectivity index (χ3n) is 4.69. The molecule has 0 spiro atoms. The molecule has 7 nitrogen and oxygen atoms in total. The van der Waals surface area contributed by atoms with Gasteiger partial charge in [-0.25, -0.2) is 4.79 Å². The molecule has 3 rings (SSSR count). The molecule has 7 heteroatoms. The number of para-hydroxylation sites is 1. The largest absolute Gasteiger partial charge is 0.489 e. The fraction of sp³-hybridized carbons (Fsp3) is 0.227. The molecule has 0 saturated heterocycles. The first-order valence-corrected chi connectivity index (χ1v) is 9.10. The number of carbonyl (C=O) groups is 1. The van der Waals surface area contributed by atoms with E-state index in [0.717, 1.165) is 17.0 Å². The lowest BCUT2D eigenvalue weighted by molar-refractivity contribution is -0.384. The van der Waals surface area contributed by atoms with Crippen LogP contribution in [0, 0.1) is 10.1 Å². The lowest BCUT2D eigenvalue weighted by Gasteiger charge is -2.26. The Morgan fingerprint density at radius 3 is 2.66 bits per heavy atom. The average molecular weight is 394 g/mol. The van der Waals surface area contributed by atoms with Crippen LogP contribution in [0.5, 0.6) is 5.75 Å². The van der Waals surface area contributed by atoms with Gasteiger partial charge in [-0.15, -0.1) is 0 Å². The van der Waals surface area contributed by atoms with Crippen molar-refractivity contribution in [3.63, 3.8) is 0 Å². The summed E-state index contributed by atoms with van der Waals surface area (Å²) in [5.74, 6) is -0.133. The maximum atomic E-state index is 12.4. The van der Waals surface area contributed by atoms with Crippen LogP contribution < -0.4 is 10.1 Å². The molecule has 1 N–H and O–H groups in total. The summed E-state index contributed by atoms with van der Waals surface area (Å²) in [5.41, 5.74) is 3.70. The van der Waals surface area contributed by atoms with Crippen LogP contribution in [0.2, 0.25) is 0 Å². The van der Waals surface area contributed by atoms with E-state index in [9.17, 15) is 14.9 Å². The number of nitro benzene ring substituents is 1. The summed E-state index contributed by atoms with van der Waals surface area (Å²) in [4.78, 5) is 23.0. The van der Waals surface area contributed by atoms with E-state index in [4.69, 9.17) is 9.47 Å². The number of rotatable bonds is 6. The summed E-state index contributed by atoms with van der Waals surface area (Å²) in [6.45, 7) is 3.93. The zero-order chi connectivity index (χ0) is 21.0. The third kappa shape index (κ3) is 4.45. The number of ether oxygens (including phenoxy) is 2. The standard InChI is InChI=1S/C22H22N2O5/c1-14-11-19(21(15(2)23-14)22(25)28-3)18-9-4-5-10-20(18)29-13-16-7-6-8-17(12-16)24(26)27/h4-12,19,23H,13H2,1-3H3. The Labute approximate surface area is 168 Å². The van der Waals surface area contributed by atoms with Gasteiger partial charge in [0.15, 0.2) is 0 Å². The van der Waals surface area contributed by atoms with E-state index >= 15 is 0 Å². The molecule has 0 radical (unpaired) electrons. The summed E-state index contributed by atoms with van der Waals surface area (Å²) in [5, 5.41) is 14.2. The van der Waals surface area contributed by atoms with Crippen molar-refractivity contribution < 1.29 is 19.2 Å². The molecule has 1 atom stereocenters. The van der Waals surface area contributed by atoms with E-state index in [0.29, 0.717) is 16.9 Å². The Morgan fingerprint density at radius 2 is 1.93 bits per heavy atom. The predicted molar refractivity (Wildman–Crippen MR) is 108 cm³/mol. The van der Waals surface area contributed by atoms with Gasteiger partial charge in [0.2, 0.25) is 0 Å². The van der Waals surface area contributed by atoms with Crippen molar-refractivity contribution in [1.29, 1.82) is 0 Å². The van der Waals surface area contributed by atoms with Crippen LogP contribution in [0.3, 0.4) is 0 Å². The van der Waals surface area contributed by atoms with E-state index < -0.39 is 10.9 Å². The molecule has 2 aromatic rings. The van der Waals surface area contributed by atoms with Crippen LogP contribution >= 0.6 is 0 Å². The van der Waals surface area contributed by atoms with Crippen molar-refractivity contribution in [3.8, 4) is 5.75 Å². The second-order valence-corrected chi connectivity index (χ2v) is 6.74. The number of methoxy groups -OCH3 is 1. The zero-order valence-electron chi connectivity index (χ0n) is 16.5. The topological polar surface area (TPSA) is 90.7 Å². The maximum absolute atomic E-state index is 12.4. The van der Waals surface area contributed by atoms with Crippen molar-refractivity contribution in [2.24, 2.45) is 0 Å². The molecular formula is C22H22N2O5. The van der Waals surface area contributed by atoms with Crippen molar-refractivity contribution in [3.05, 3.63) is 92.8 Å². The first kappa shape index (κ1) is 20.1. The van der Waals surface area contributed by atoms with Crippen molar-refractivity contribution >= 4 is 11.7 Å². The number of dihydropyridines is 1. The smallest absolute Gasteiger partial charge is 0.336 e. The highest BCUT2D eigenvalue weighted by molar-refractivity contribution is 5.92. The number of hydrogen-bond acceptors (Lipinski definition) is 6. The van der Waals surface area contributed by atoms with E-state index in [2.05, 4.69) is 5.32 Å². The maximum Gasteiger partial charge on any atom is 0.336 e. The molecule has 1 unspecified atom stereocenters. The molecule has 1 heterocycles. The van der Waals surface area contributed by atoms with Crippen molar-refractivity contribution in [2.45, 2.75) is 26.4 Å². The van der Waals surface area contributed by atoms with Crippen LogP contribution in [0.4, 0.5) is 5.69 Å². The minimum atomic E-state index is -0.434. The van der Waals surface area contributed by atoms with Gasteiger partial charge in [-0.1, -0.05) is 36.4 Å². The van der Waals surface area contributed by atoms with Gasteiger partial charge in [-0.3, -0.25) is 10.1 Å². The molecule has 0 aromatic heterocycles. The van der Waals surface area contributed by atoms with Gasteiger partial charge in [0.25, 0.3) is 5.69 Å². The Morgan fingerprint density at radius 1 is 1.17 bits per heavy atom. The van der Waals surface area contributed by atoms with Crippen LogP contribution in [-0.2, 0) is 16.1 Å². The predicted octanol–water partition coefficient (Wildman–Crippen LogP) is 4.21. The quantitative estimate of drug-likeness (QED) is 0.448. The first-order valence-electron chi connectivity index (χ1n) is 9.10. The van der Waals surface area contributed by atoms with Gasteiger partial charge in [0.1, 0.15) is 12.4 Å². The lowest BCUT2D eigenvalue weighted by atomic mass is 9.86. The average Bonchev–Trinajstić information content (AvgIpc) is 2.71. The van der Waals surface area contributed by atoms with Crippen LogP contribution in [0.25, 0.3) is 0 Å². The number of hydrogen-bond donors (Lipinski definition) is 1. The second-order valence-electron chi connectivity index (χ2n) is 6.74. The first-order chi connectivity index (χ1) is 13.9. The number of benzene rings is 2. The summed E-state index contributed by atoms with van der Waals surface area (Å²) in [6, 6.07) is 13.8. The Bertz CT molecular complexity index is 1010. The third-order valence-corrected chi connectivity index (χ3v) is 4.69. The number of allylic oxidation sites excluding steroid dienone is 3. The Kier molecular flexibility index (Phi) is 5.97. The van der Waals surface area contributed by atoms with Crippen LogP contribution in [-0.4, -0.2) is 18.0 Å². The SMILES string of the molecule is COC(=O)C1=C(C)NC(C)=CC1c1ccccc1OCc1cccc([N+](=O)[O-])c1. The number of nitrogens with one attached hydrogen (secondary N) is 1. The fourth-order valence-corrected chi connectivity index (χ4v) is 3.40. The lowest BCUT2D eigenvalue weighted by Crippen LogP contribution is -2.25. The number of nitro groups is 1. The molecule has 0 bridgehead atoms. The van der Waals surface area contributed by atoms with Crippen LogP contribution in [0.15, 0.2) is 71.6 Å². The highest BCUT2D eigenvalue weighted by Gasteiger charge is 2.29. The monoisotopic (exact) mass is 394 g/mol. The molecule has 0 saturated carbocycles. The molecule has 1 aliphatic heterocycles. The van der Waals surface area contributed by atoms with Gasteiger partial charge in [-0.05, 0) is 25.5 Å². The Balaban J connectivity index is 1.92. The number of esters is 1. The van der Waals surface area contributed by atoms with Gasteiger partial charge in [0.05, 0.1) is 17.6 Å². The second kappa shape index (κ2) is 8.60. The molecular weight excluding hydrogens is 372 g/mol. The highest BCUT2D eigenvalue weighted by atomic mass is 16.6. The summed E-state index contributed by atoms with van der Waals surface area (Å²) < 4.78 is 11.0. The van der Waals surface area contributed by atoms with Crippen molar-refractivity contribution in [2.75, 3.05) is 7.11 Å². The minimum Gasteiger partial charge on any atom is -0.489 e. The minimum absolute atomic E-state index is 0.0165. The molecule has 1 aliphatic rings. The highest BCUT2D eigenvalue weighted by Crippen LogP contribution is 2.37.